The van der Waals surface area contributed by atoms with Crippen molar-refractivity contribution < 1.29 is 4.74 Å². The number of nitrogens with two attached hydrogens (primary N) is 1. The molecule has 0 aliphatic heterocycles. The summed E-state index contributed by atoms with van der Waals surface area (Å²) in [5.41, 5.74) is 6.30. The van der Waals surface area contributed by atoms with Crippen LogP contribution in [0, 0.1) is 11.3 Å². The number of benzene rings is 1. The molecule has 16 heavy (non-hydrogen) atoms. The molecule has 2 N–H and O–H groups in total. The normalized spacial score (nSPS) is 12.0. The molecule has 4 heteroatoms. The van der Waals surface area contributed by atoms with Gasteiger partial charge in [0.05, 0.1) is 11.6 Å². The minimum atomic E-state index is -0.598. The number of ether oxygens (including phenoxy) is 1. The van der Waals surface area contributed by atoms with Crippen molar-refractivity contribution in [3.63, 3.8) is 0 Å². The SMILES string of the molecule is N#CC(N)COc1ccc2cccnc2c1. The minimum absolute atomic E-state index is 0.189. The predicted octanol–water partition coefficient (Wildman–Crippen LogP) is 1.46. The molecule has 2 aromatic rings. The molecule has 2 rings (SSSR count). The monoisotopic (exact) mass is 213 g/mol. The van der Waals surface area contributed by atoms with Crippen LogP contribution in [0.3, 0.4) is 0 Å². The van der Waals surface area contributed by atoms with Crippen LogP contribution < -0.4 is 10.5 Å². The summed E-state index contributed by atoms with van der Waals surface area (Å²) in [4.78, 5) is 4.21. The molecule has 1 unspecified atom stereocenters. The van der Waals surface area contributed by atoms with Crippen LogP contribution in [0.25, 0.3) is 10.9 Å². The highest BCUT2D eigenvalue weighted by molar-refractivity contribution is 5.79. The van der Waals surface area contributed by atoms with Crippen LogP contribution in [0.15, 0.2) is 36.5 Å². The van der Waals surface area contributed by atoms with Crippen molar-refractivity contribution in [2.24, 2.45) is 5.73 Å². The Hall–Kier alpha value is -2.12. The van der Waals surface area contributed by atoms with E-state index in [-0.39, 0.29) is 6.61 Å². The van der Waals surface area contributed by atoms with Crippen LogP contribution in [0.1, 0.15) is 0 Å². The molecule has 80 valence electrons. The third kappa shape index (κ3) is 2.27. The van der Waals surface area contributed by atoms with Gasteiger partial charge in [-0.05, 0) is 18.2 Å². The minimum Gasteiger partial charge on any atom is -0.491 e. The summed E-state index contributed by atoms with van der Waals surface area (Å²) in [5.74, 6) is 0.678. The van der Waals surface area contributed by atoms with Gasteiger partial charge >= 0.3 is 0 Å². The second kappa shape index (κ2) is 4.60. The van der Waals surface area contributed by atoms with E-state index >= 15 is 0 Å². The second-order valence-electron chi connectivity index (χ2n) is 3.40. The Labute approximate surface area is 93.3 Å². The Kier molecular flexibility index (Phi) is 2.99. The van der Waals surface area contributed by atoms with Crippen molar-refractivity contribution in [1.29, 1.82) is 5.26 Å². The Balaban J connectivity index is 2.17. The van der Waals surface area contributed by atoms with Gasteiger partial charge in [0.1, 0.15) is 18.4 Å². The van der Waals surface area contributed by atoms with Crippen LogP contribution in [0.2, 0.25) is 0 Å². The van der Waals surface area contributed by atoms with Crippen molar-refractivity contribution in [1.82, 2.24) is 4.98 Å². The fraction of sp³-hybridized carbons (Fsp3) is 0.167. The van der Waals surface area contributed by atoms with Gasteiger partial charge in [0.2, 0.25) is 0 Å². The van der Waals surface area contributed by atoms with Crippen LogP contribution in [-0.4, -0.2) is 17.6 Å². The molecule has 0 fully saturated rings. The van der Waals surface area contributed by atoms with Gasteiger partial charge in [-0.2, -0.15) is 5.26 Å². The first-order valence-corrected chi connectivity index (χ1v) is 4.92. The quantitative estimate of drug-likeness (QED) is 0.837. The van der Waals surface area contributed by atoms with Crippen molar-refractivity contribution in [2.45, 2.75) is 6.04 Å². The number of fused-ring (bicyclic) bond motifs is 1. The molecule has 0 aliphatic carbocycles. The first kappa shape index (κ1) is 10.4. The zero-order chi connectivity index (χ0) is 11.4. The first-order valence-electron chi connectivity index (χ1n) is 4.92. The van der Waals surface area contributed by atoms with Crippen molar-refractivity contribution >= 4 is 10.9 Å². The molecule has 1 aromatic heterocycles. The Bertz CT molecular complexity index is 533. The van der Waals surface area contributed by atoms with E-state index in [2.05, 4.69) is 4.98 Å². The maximum absolute atomic E-state index is 8.52. The van der Waals surface area contributed by atoms with Gasteiger partial charge in [0.25, 0.3) is 0 Å². The highest BCUT2D eigenvalue weighted by Crippen LogP contribution is 2.18. The van der Waals surface area contributed by atoms with E-state index in [1.165, 1.54) is 0 Å². The third-order valence-corrected chi connectivity index (χ3v) is 2.17. The molecule has 0 saturated carbocycles. The van der Waals surface area contributed by atoms with E-state index in [1.807, 2.05) is 36.4 Å². The Morgan fingerprint density at radius 2 is 2.31 bits per heavy atom. The number of nitrogens with zero attached hydrogens (tertiary/aromatic N) is 2. The number of aromatic nitrogens is 1. The summed E-state index contributed by atoms with van der Waals surface area (Å²) in [6, 6.07) is 10.8. The summed E-state index contributed by atoms with van der Waals surface area (Å²) in [7, 11) is 0. The smallest absolute Gasteiger partial charge is 0.127 e. The van der Waals surface area contributed by atoms with E-state index in [9.17, 15) is 0 Å². The number of hydrogen-bond donors (Lipinski definition) is 1. The van der Waals surface area contributed by atoms with E-state index < -0.39 is 6.04 Å². The fourth-order valence-corrected chi connectivity index (χ4v) is 1.36. The van der Waals surface area contributed by atoms with Gasteiger partial charge in [-0.3, -0.25) is 4.98 Å². The number of pyridine rings is 1. The first-order chi connectivity index (χ1) is 7.79. The Morgan fingerprint density at radius 3 is 3.12 bits per heavy atom. The summed E-state index contributed by atoms with van der Waals surface area (Å²) >= 11 is 0. The van der Waals surface area contributed by atoms with Gasteiger partial charge < -0.3 is 10.5 Å². The highest BCUT2D eigenvalue weighted by atomic mass is 16.5. The maximum atomic E-state index is 8.52. The number of hydrogen-bond acceptors (Lipinski definition) is 4. The lowest BCUT2D eigenvalue weighted by Crippen LogP contribution is -2.25. The van der Waals surface area contributed by atoms with E-state index in [0.29, 0.717) is 5.75 Å². The molecule has 0 bridgehead atoms. The molecule has 0 radical (unpaired) electrons. The molecule has 0 spiro atoms. The largest absolute Gasteiger partial charge is 0.491 e. The van der Waals surface area contributed by atoms with Crippen molar-refractivity contribution in [2.75, 3.05) is 6.61 Å². The summed E-state index contributed by atoms with van der Waals surface area (Å²) < 4.78 is 5.38. The predicted molar refractivity (Wildman–Crippen MR) is 60.8 cm³/mol. The molecule has 4 nitrogen and oxygen atoms in total. The summed E-state index contributed by atoms with van der Waals surface area (Å²) in [6.45, 7) is 0.189. The highest BCUT2D eigenvalue weighted by Gasteiger charge is 2.02. The number of rotatable bonds is 3. The molecular formula is C12H11N3O. The molecule has 1 heterocycles. The Morgan fingerprint density at radius 1 is 1.44 bits per heavy atom. The zero-order valence-corrected chi connectivity index (χ0v) is 8.63. The van der Waals surface area contributed by atoms with Crippen LogP contribution >= 0.6 is 0 Å². The summed E-state index contributed by atoms with van der Waals surface area (Å²) in [5, 5.41) is 9.57. The standard InChI is InChI=1S/C12H11N3O/c13-7-10(14)8-16-11-4-3-9-2-1-5-15-12(9)6-11/h1-6,10H,8,14H2. The van der Waals surface area contributed by atoms with Gasteiger partial charge in [-0.1, -0.05) is 6.07 Å². The fourth-order valence-electron chi connectivity index (χ4n) is 1.36. The average Bonchev–Trinajstić information content (AvgIpc) is 2.35. The van der Waals surface area contributed by atoms with E-state index in [4.69, 9.17) is 15.7 Å². The molecule has 0 saturated heterocycles. The molecular weight excluding hydrogens is 202 g/mol. The van der Waals surface area contributed by atoms with Crippen molar-refractivity contribution in [3.8, 4) is 11.8 Å². The van der Waals surface area contributed by atoms with Crippen LogP contribution in [-0.2, 0) is 0 Å². The number of nitriles is 1. The van der Waals surface area contributed by atoms with Gasteiger partial charge in [0.15, 0.2) is 0 Å². The molecule has 1 aromatic carbocycles. The van der Waals surface area contributed by atoms with Gasteiger partial charge in [-0.25, -0.2) is 0 Å². The molecule has 0 amide bonds. The van der Waals surface area contributed by atoms with Crippen molar-refractivity contribution in [3.05, 3.63) is 36.5 Å². The van der Waals surface area contributed by atoms with Gasteiger partial charge in [-0.15, -0.1) is 0 Å². The second-order valence-corrected chi connectivity index (χ2v) is 3.40. The molecule has 1 atom stereocenters. The lowest BCUT2D eigenvalue weighted by molar-refractivity contribution is 0.309. The van der Waals surface area contributed by atoms with Gasteiger partial charge in [0, 0.05) is 17.6 Å². The van der Waals surface area contributed by atoms with E-state index in [1.54, 1.807) is 6.20 Å². The topological polar surface area (TPSA) is 71.9 Å². The van der Waals surface area contributed by atoms with E-state index in [0.717, 1.165) is 10.9 Å². The average molecular weight is 213 g/mol. The molecule has 0 aliphatic rings. The zero-order valence-electron chi connectivity index (χ0n) is 8.63. The maximum Gasteiger partial charge on any atom is 0.127 e. The lowest BCUT2D eigenvalue weighted by Gasteiger charge is -2.07. The lowest BCUT2D eigenvalue weighted by atomic mass is 10.2. The third-order valence-electron chi connectivity index (χ3n) is 2.17. The summed E-state index contributed by atoms with van der Waals surface area (Å²) in [6.07, 6.45) is 1.73. The van der Waals surface area contributed by atoms with Crippen LogP contribution in [0.5, 0.6) is 5.75 Å². The van der Waals surface area contributed by atoms with Crippen LogP contribution in [0.4, 0.5) is 0 Å².